The van der Waals surface area contributed by atoms with Gasteiger partial charge in [0, 0.05) is 53.9 Å². The van der Waals surface area contributed by atoms with Gasteiger partial charge in [0.2, 0.25) is 0 Å². The van der Waals surface area contributed by atoms with Crippen molar-refractivity contribution in [2.45, 2.75) is 12.5 Å². The zero-order valence-corrected chi connectivity index (χ0v) is 19.3. The molecule has 0 amide bonds. The number of fused-ring (bicyclic) bond motifs is 6. The number of hydrogen-bond acceptors (Lipinski definition) is 5. The number of hydrogen-bond donors (Lipinski definition) is 1. The minimum Gasteiger partial charge on any atom is -0.456 e. The van der Waals surface area contributed by atoms with Crippen LogP contribution in [0.15, 0.2) is 84.9 Å². The summed E-state index contributed by atoms with van der Waals surface area (Å²) in [5, 5.41) is 3.45. The molecule has 1 N–H and O–H groups in total. The van der Waals surface area contributed by atoms with Gasteiger partial charge in [-0.25, -0.2) is 4.79 Å². The second-order valence-electron chi connectivity index (χ2n) is 9.00. The molecule has 2 aliphatic heterocycles. The number of benzene rings is 4. The van der Waals surface area contributed by atoms with Crippen LogP contribution in [-0.4, -0.2) is 20.1 Å². The number of carbonyl (C=O) groups is 1. The molecule has 1 unspecified atom stereocenters. The molecule has 0 saturated heterocycles. The van der Waals surface area contributed by atoms with Gasteiger partial charge in [-0.2, -0.15) is 0 Å². The molecule has 6 rings (SSSR count). The van der Waals surface area contributed by atoms with Crippen LogP contribution in [0.4, 0.5) is 17.1 Å². The first-order chi connectivity index (χ1) is 16.5. The van der Waals surface area contributed by atoms with Crippen molar-refractivity contribution in [3.05, 3.63) is 113 Å². The van der Waals surface area contributed by atoms with Crippen LogP contribution in [0.3, 0.4) is 0 Å². The second-order valence-corrected chi connectivity index (χ2v) is 9.00. The Morgan fingerprint density at radius 3 is 2.32 bits per heavy atom. The summed E-state index contributed by atoms with van der Waals surface area (Å²) in [7, 11) is 4.04. The molecule has 0 fully saturated rings. The first-order valence-corrected chi connectivity index (χ1v) is 11.3. The van der Waals surface area contributed by atoms with Crippen LogP contribution in [0.2, 0.25) is 0 Å². The predicted octanol–water partition coefficient (Wildman–Crippen LogP) is 6.37. The molecule has 0 bridgehead atoms. The van der Waals surface area contributed by atoms with Gasteiger partial charge in [-0.1, -0.05) is 29.8 Å². The Balaban J connectivity index is 1.47. The van der Waals surface area contributed by atoms with Crippen LogP contribution in [0, 0.1) is 6.92 Å². The van der Waals surface area contributed by atoms with E-state index in [9.17, 15) is 4.79 Å². The molecule has 0 aliphatic carbocycles. The second kappa shape index (κ2) is 7.39. The van der Waals surface area contributed by atoms with Crippen molar-refractivity contribution in [3.8, 4) is 11.5 Å². The number of carbonyl (C=O) groups excluding carboxylic acids is 1. The van der Waals surface area contributed by atoms with Gasteiger partial charge < -0.3 is 19.7 Å². The Bertz CT molecular complexity index is 1440. The molecular weight excluding hydrogens is 424 g/mol. The number of anilines is 3. The van der Waals surface area contributed by atoms with E-state index >= 15 is 0 Å². The quantitative estimate of drug-likeness (QED) is 0.369. The fourth-order valence-electron chi connectivity index (χ4n) is 4.87. The molecule has 5 heteroatoms. The van der Waals surface area contributed by atoms with Crippen molar-refractivity contribution in [3.63, 3.8) is 0 Å². The van der Waals surface area contributed by atoms with E-state index < -0.39 is 5.60 Å². The molecule has 2 heterocycles. The Labute approximate surface area is 198 Å². The molecule has 0 radical (unpaired) electrons. The van der Waals surface area contributed by atoms with Crippen LogP contribution in [0.1, 0.15) is 32.6 Å². The summed E-state index contributed by atoms with van der Waals surface area (Å²) in [4.78, 5) is 15.0. The third kappa shape index (κ3) is 2.97. The number of nitrogens with one attached hydrogen (secondary N) is 1. The lowest BCUT2D eigenvalue weighted by atomic mass is 9.77. The van der Waals surface area contributed by atoms with E-state index in [1.54, 1.807) is 0 Å². The lowest BCUT2D eigenvalue weighted by molar-refractivity contribution is 0.0224. The fourth-order valence-corrected chi connectivity index (χ4v) is 4.87. The van der Waals surface area contributed by atoms with Gasteiger partial charge in [-0.05, 0) is 61.5 Å². The predicted molar refractivity (Wildman–Crippen MR) is 133 cm³/mol. The summed E-state index contributed by atoms with van der Waals surface area (Å²) in [6.45, 7) is 2.03. The van der Waals surface area contributed by atoms with Gasteiger partial charge in [-0.3, -0.25) is 0 Å². The highest BCUT2D eigenvalue weighted by Gasteiger charge is 2.53. The minimum atomic E-state index is -1.03. The Hall–Kier alpha value is -4.25. The zero-order chi connectivity index (χ0) is 23.4. The minimum absolute atomic E-state index is 0.320. The molecule has 1 atom stereocenters. The zero-order valence-electron chi connectivity index (χ0n) is 19.3. The van der Waals surface area contributed by atoms with Crippen molar-refractivity contribution < 1.29 is 14.3 Å². The standard InChI is InChI=1S/C29H24N2O3/c1-18-8-15-26-25(16-18)29(23-7-5-4-6-22(23)28(32)34-29)24-14-11-20(17-27(24)33-26)30-19-9-12-21(13-10-19)31(2)3/h4-17,30H,1-3H3. The first-order valence-electron chi connectivity index (χ1n) is 11.3. The van der Waals surface area contributed by atoms with Gasteiger partial charge in [0.25, 0.3) is 0 Å². The Kier molecular flexibility index (Phi) is 4.42. The third-order valence-corrected chi connectivity index (χ3v) is 6.54. The number of rotatable bonds is 3. The average Bonchev–Trinajstić information content (AvgIpc) is 3.13. The normalized spacial score (nSPS) is 17.3. The number of aryl methyl sites for hydroxylation is 1. The van der Waals surface area contributed by atoms with Crippen LogP contribution >= 0.6 is 0 Å². The summed E-state index contributed by atoms with van der Waals surface area (Å²) in [6, 6.07) is 27.8. The molecule has 0 aromatic heterocycles. The van der Waals surface area contributed by atoms with Crippen LogP contribution < -0.4 is 15.0 Å². The highest BCUT2D eigenvalue weighted by atomic mass is 16.6. The highest BCUT2D eigenvalue weighted by Crippen LogP contribution is 2.56. The molecule has 4 aromatic carbocycles. The average molecular weight is 449 g/mol. The van der Waals surface area contributed by atoms with Gasteiger partial charge in [0.1, 0.15) is 11.5 Å². The maximum Gasteiger partial charge on any atom is 0.340 e. The van der Waals surface area contributed by atoms with Crippen molar-refractivity contribution in [2.24, 2.45) is 0 Å². The fraction of sp³-hybridized carbons (Fsp3) is 0.138. The largest absolute Gasteiger partial charge is 0.456 e. The molecule has 2 aliphatic rings. The molecule has 34 heavy (non-hydrogen) atoms. The van der Waals surface area contributed by atoms with Crippen LogP contribution in [0.5, 0.6) is 11.5 Å². The highest BCUT2D eigenvalue weighted by molar-refractivity contribution is 5.97. The first kappa shape index (κ1) is 20.4. The monoisotopic (exact) mass is 448 g/mol. The summed E-state index contributed by atoms with van der Waals surface area (Å²) in [6.07, 6.45) is 0. The van der Waals surface area contributed by atoms with Crippen LogP contribution in [0.25, 0.3) is 0 Å². The van der Waals surface area contributed by atoms with E-state index in [1.807, 2.05) is 93.8 Å². The SMILES string of the molecule is Cc1ccc2c(c1)C1(OC(=O)c3ccccc31)c1ccc(Nc3ccc(N(C)C)cc3)cc1O2. The molecule has 4 aromatic rings. The smallest absolute Gasteiger partial charge is 0.340 e. The maximum absolute atomic E-state index is 12.9. The Morgan fingerprint density at radius 2 is 1.53 bits per heavy atom. The van der Waals surface area contributed by atoms with Gasteiger partial charge in [0.15, 0.2) is 5.60 Å². The van der Waals surface area contributed by atoms with E-state index in [0.29, 0.717) is 17.1 Å². The van der Waals surface area contributed by atoms with E-state index in [1.165, 1.54) is 0 Å². The van der Waals surface area contributed by atoms with Crippen molar-refractivity contribution in [2.75, 3.05) is 24.3 Å². The molecular formula is C29H24N2O3. The van der Waals surface area contributed by atoms with E-state index in [0.717, 1.165) is 39.3 Å². The summed E-state index contributed by atoms with van der Waals surface area (Å²) in [5.74, 6) is 1.03. The van der Waals surface area contributed by atoms with Crippen molar-refractivity contribution in [1.29, 1.82) is 0 Å². The number of ether oxygens (including phenoxy) is 2. The van der Waals surface area contributed by atoms with E-state index in [4.69, 9.17) is 9.47 Å². The Morgan fingerprint density at radius 1 is 0.765 bits per heavy atom. The molecule has 5 nitrogen and oxygen atoms in total. The summed E-state index contributed by atoms with van der Waals surface area (Å²) in [5.41, 5.74) is 6.14. The molecule has 1 spiro atoms. The van der Waals surface area contributed by atoms with E-state index in [-0.39, 0.29) is 5.97 Å². The van der Waals surface area contributed by atoms with Gasteiger partial charge in [-0.15, -0.1) is 0 Å². The lowest BCUT2D eigenvalue weighted by Gasteiger charge is -2.37. The molecule has 168 valence electrons. The maximum atomic E-state index is 12.9. The lowest BCUT2D eigenvalue weighted by Crippen LogP contribution is -2.33. The number of esters is 1. The molecule has 0 saturated carbocycles. The summed E-state index contributed by atoms with van der Waals surface area (Å²) >= 11 is 0. The van der Waals surface area contributed by atoms with Crippen molar-refractivity contribution in [1.82, 2.24) is 0 Å². The topological polar surface area (TPSA) is 50.8 Å². The summed E-state index contributed by atoms with van der Waals surface area (Å²) < 4.78 is 12.6. The van der Waals surface area contributed by atoms with Gasteiger partial charge in [0.05, 0.1) is 5.56 Å². The third-order valence-electron chi connectivity index (χ3n) is 6.54. The van der Waals surface area contributed by atoms with Gasteiger partial charge >= 0.3 is 5.97 Å². The van der Waals surface area contributed by atoms with Crippen molar-refractivity contribution >= 4 is 23.0 Å². The van der Waals surface area contributed by atoms with Crippen LogP contribution in [-0.2, 0) is 10.3 Å². The number of nitrogens with zero attached hydrogens (tertiary/aromatic N) is 1. The van der Waals surface area contributed by atoms with E-state index in [2.05, 4.69) is 22.3 Å².